The summed E-state index contributed by atoms with van der Waals surface area (Å²) < 4.78 is 0. The van der Waals surface area contributed by atoms with Crippen molar-refractivity contribution in [1.82, 2.24) is 4.90 Å². The van der Waals surface area contributed by atoms with E-state index < -0.39 is 11.5 Å². The van der Waals surface area contributed by atoms with Crippen LogP contribution in [-0.4, -0.2) is 40.5 Å². The summed E-state index contributed by atoms with van der Waals surface area (Å²) in [5.74, 6) is -1.00. The number of rotatable bonds is 4. The zero-order valence-electron chi connectivity index (χ0n) is 9.03. The maximum absolute atomic E-state index is 11.6. The van der Waals surface area contributed by atoms with Gasteiger partial charge in [0.1, 0.15) is 5.54 Å². The number of carbonyl (C=O) groups excluding carboxylic acids is 1. The van der Waals surface area contributed by atoms with Crippen LogP contribution in [0.3, 0.4) is 0 Å². The number of nitrogens with two attached hydrogens (primary N) is 1. The van der Waals surface area contributed by atoms with Crippen molar-refractivity contribution in [2.24, 2.45) is 5.73 Å². The minimum Gasteiger partial charge on any atom is -0.480 e. The first-order chi connectivity index (χ1) is 6.99. The molecule has 1 aliphatic heterocycles. The van der Waals surface area contributed by atoms with Gasteiger partial charge >= 0.3 is 5.97 Å². The van der Waals surface area contributed by atoms with Gasteiger partial charge in [0, 0.05) is 19.5 Å². The lowest BCUT2D eigenvalue weighted by molar-refractivity contribution is -0.143. The van der Waals surface area contributed by atoms with Crippen molar-refractivity contribution in [3.63, 3.8) is 0 Å². The Morgan fingerprint density at radius 3 is 2.67 bits per heavy atom. The van der Waals surface area contributed by atoms with Gasteiger partial charge in [0.05, 0.1) is 0 Å². The number of carbonyl (C=O) groups is 2. The Morgan fingerprint density at radius 1 is 1.53 bits per heavy atom. The molecule has 1 rings (SSSR count). The fourth-order valence-corrected chi connectivity index (χ4v) is 1.71. The number of carboxylic acid groups (broad SMARTS) is 1. The van der Waals surface area contributed by atoms with Crippen molar-refractivity contribution < 1.29 is 14.7 Å². The van der Waals surface area contributed by atoms with Crippen molar-refractivity contribution in [2.45, 2.75) is 38.1 Å². The first-order valence-corrected chi connectivity index (χ1v) is 5.29. The summed E-state index contributed by atoms with van der Waals surface area (Å²) in [6, 6.07) is 0. The molecule has 0 radical (unpaired) electrons. The Kier molecular flexibility index (Phi) is 3.68. The van der Waals surface area contributed by atoms with Crippen LogP contribution in [0.15, 0.2) is 0 Å². The third-order valence-corrected chi connectivity index (χ3v) is 2.82. The Hall–Kier alpha value is -1.10. The molecule has 0 aromatic rings. The van der Waals surface area contributed by atoms with Gasteiger partial charge < -0.3 is 15.7 Å². The van der Waals surface area contributed by atoms with Crippen molar-refractivity contribution >= 4 is 11.9 Å². The number of hydrogen-bond acceptors (Lipinski definition) is 3. The second-order valence-electron chi connectivity index (χ2n) is 4.13. The maximum Gasteiger partial charge on any atom is 0.325 e. The van der Waals surface area contributed by atoms with Crippen molar-refractivity contribution in [1.29, 1.82) is 0 Å². The average Bonchev–Trinajstić information content (AvgIpc) is 2.59. The van der Waals surface area contributed by atoms with E-state index in [0.717, 1.165) is 12.8 Å². The minimum absolute atomic E-state index is 0.0189. The SMILES string of the molecule is CCCCC(=O)N1CCC(N)(C(=O)O)C1. The zero-order valence-corrected chi connectivity index (χ0v) is 9.03. The van der Waals surface area contributed by atoms with Gasteiger partial charge in [-0.25, -0.2) is 0 Å². The number of amides is 1. The number of likely N-dealkylation sites (tertiary alicyclic amines) is 1. The molecule has 86 valence electrons. The zero-order chi connectivity index (χ0) is 11.5. The van der Waals surface area contributed by atoms with Crippen LogP contribution >= 0.6 is 0 Å². The quantitative estimate of drug-likeness (QED) is 0.699. The number of carboxylic acids is 1. The Bertz CT molecular complexity index is 267. The summed E-state index contributed by atoms with van der Waals surface area (Å²) in [6.45, 7) is 2.62. The average molecular weight is 214 g/mol. The molecule has 0 bridgehead atoms. The molecule has 1 atom stereocenters. The number of aliphatic carboxylic acids is 1. The van der Waals surface area contributed by atoms with Gasteiger partial charge in [-0.05, 0) is 12.8 Å². The van der Waals surface area contributed by atoms with Gasteiger partial charge in [-0.2, -0.15) is 0 Å². The van der Waals surface area contributed by atoms with Crippen molar-refractivity contribution in [3.8, 4) is 0 Å². The van der Waals surface area contributed by atoms with Gasteiger partial charge in [-0.3, -0.25) is 9.59 Å². The lowest BCUT2D eigenvalue weighted by Gasteiger charge is -2.20. The largest absolute Gasteiger partial charge is 0.480 e. The van der Waals surface area contributed by atoms with E-state index in [4.69, 9.17) is 10.8 Å². The first-order valence-electron chi connectivity index (χ1n) is 5.29. The third-order valence-electron chi connectivity index (χ3n) is 2.82. The molecule has 5 heteroatoms. The highest BCUT2D eigenvalue weighted by atomic mass is 16.4. The van der Waals surface area contributed by atoms with E-state index in [2.05, 4.69) is 0 Å². The summed E-state index contributed by atoms with van der Waals surface area (Å²) in [5, 5.41) is 8.89. The van der Waals surface area contributed by atoms with Gasteiger partial charge in [-0.15, -0.1) is 0 Å². The van der Waals surface area contributed by atoms with E-state index in [1.54, 1.807) is 4.90 Å². The molecule has 1 heterocycles. The molecule has 0 aliphatic carbocycles. The van der Waals surface area contributed by atoms with Crippen LogP contribution in [0.25, 0.3) is 0 Å². The standard InChI is InChI=1S/C10H18N2O3/c1-2-3-4-8(13)12-6-5-10(11,7-12)9(14)15/h2-7,11H2,1H3,(H,14,15). The smallest absolute Gasteiger partial charge is 0.325 e. The molecular weight excluding hydrogens is 196 g/mol. The van der Waals surface area contributed by atoms with E-state index in [1.807, 2.05) is 6.92 Å². The van der Waals surface area contributed by atoms with E-state index >= 15 is 0 Å². The summed E-state index contributed by atoms with van der Waals surface area (Å²) in [5.41, 5.74) is 4.43. The Labute approximate surface area is 89.2 Å². The maximum atomic E-state index is 11.6. The van der Waals surface area contributed by atoms with Gasteiger partial charge in [-0.1, -0.05) is 13.3 Å². The normalized spacial score (nSPS) is 25.6. The van der Waals surface area contributed by atoms with Crippen LogP contribution in [-0.2, 0) is 9.59 Å². The van der Waals surface area contributed by atoms with Gasteiger partial charge in [0.25, 0.3) is 0 Å². The Morgan fingerprint density at radius 2 is 2.20 bits per heavy atom. The molecular formula is C10H18N2O3. The van der Waals surface area contributed by atoms with Crippen LogP contribution in [0.1, 0.15) is 32.6 Å². The van der Waals surface area contributed by atoms with Crippen molar-refractivity contribution in [2.75, 3.05) is 13.1 Å². The van der Waals surface area contributed by atoms with Gasteiger partial charge in [0.15, 0.2) is 0 Å². The minimum atomic E-state index is -1.23. The van der Waals surface area contributed by atoms with Crippen LogP contribution in [0.2, 0.25) is 0 Å². The van der Waals surface area contributed by atoms with E-state index in [1.165, 1.54) is 0 Å². The predicted molar refractivity (Wildman–Crippen MR) is 55.3 cm³/mol. The second kappa shape index (κ2) is 4.61. The molecule has 0 spiro atoms. The summed E-state index contributed by atoms with van der Waals surface area (Å²) in [4.78, 5) is 24.0. The van der Waals surface area contributed by atoms with Crippen LogP contribution in [0.4, 0.5) is 0 Å². The van der Waals surface area contributed by atoms with Crippen LogP contribution < -0.4 is 5.73 Å². The first kappa shape index (κ1) is 12.0. The van der Waals surface area contributed by atoms with E-state index in [9.17, 15) is 9.59 Å². The molecule has 1 amide bonds. The number of nitrogens with zero attached hydrogens (tertiary/aromatic N) is 1. The highest BCUT2D eigenvalue weighted by Crippen LogP contribution is 2.20. The fourth-order valence-electron chi connectivity index (χ4n) is 1.71. The molecule has 1 saturated heterocycles. The van der Waals surface area contributed by atoms with E-state index in [0.29, 0.717) is 19.4 Å². The topological polar surface area (TPSA) is 83.6 Å². The number of hydrogen-bond donors (Lipinski definition) is 2. The Balaban J connectivity index is 2.49. The molecule has 3 N–H and O–H groups in total. The summed E-state index contributed by atoms with van der Waals surface area (Å²) in [7, 11) is 0. The highest BCUT2D eigenvalue weighted by molar-refractivity contribution is 5.83. The molecule has 0 aromatic carbocycles. The molecule has 0 aromatic heterocycles. The van der Waals surface area contributed by atoms with Gasteiger partial charge in [0.2, 0.25) is 5.91 Å². The lowest BCUT2D eigenvalue weighted by Crippen LogP contribution is -2.50. The molecule has 1 unspecified atom stereocenters. The fraction of sp³-hybridized carbons (Fsp3) is 0.800. The van der Waals surface area contributed by atoms with Crippen LogP contribution in [0.5, 0.6) is 0 Å². The lowest BCUT2D eigenvalue weighted by atomic mass is 10.0. The molecule has 15 heavy (non-hydrogen) atoms. The molecule has 5 nitrogen and oxygen atoms in total. The second-order valence-corrected chi connectivity index (χ2v) is 4.13. The molecule has 1 fully saturated rings. The summed E-state index contributed by atoms with van der Waals surface area (Å²) in [6.07, 6.45) is 2.65. The monoisotopic (exact) mass is 214 g/mol. The van der Waals surface area contributed by atoms with Crippen molar-refractivity contribution in [3.05, 3.63) is 0 Å². The molecule has 0 saturated carbocycles. The predicted octanol–water partition coefficient (Wildman–Crippen LogP) is 0.191. The van der Waals surface area contributed by atoms with Crippen LogP contribution in [0, 0.1) is 0 Å². The third kappa shape index (κ3) is 2.68. The summed E-state index contributed by atoms with van der Waals surface area (Å²) >= 11 is 0. The molecule has 1 aliphatic rings. The van der Waals surface area contributed by atoms with E-state index in [-0.39, 0.29) is 12.5 Å². The number of unbranched alkanes of at least 4 members (excludes halogenated alkanes) is 1. The highest BCUT2D eigenvalue weighted by Gasteiger charge is 2.42.